The third-order valence-electron chi connectivity index (χ3n) is 6.52. The van der Waals surface area contributed by atoms with Crippen LogP contribution in [0.4, 0.5) is 5.69 Å². The molecule has 4 rings (SSSR count). The molecule has 0 amide bonds. The second kappa shape index (κ2) is 10.7. The summed E-state index contributed by atoms with van der Waals surface area (Å²) in [6.45, 7) is 4.44. The topological polar surface area (TPSA) is 96.7 Å². The fourth-order valence-corrected chi connectivity index (χ4v) is 6.78. The number of rotatable bonds is 9. The van der Waals surface area contributed by atoms with E-state index in [1.54, 1.807) is 30.7 Å². The Labute approximate surface area is 201 Å². The lowest BCUT2D eigenvalue weighted by molar-refractivity contribution is 0.0216. The maximum atomic E-state index is 13.2. The van der Waals surface area contributed by atoms with Crippen molar-refractivity contribution in [3.8, 4) is 0 Å². The van der Waals surface area contributed by atoms with Crippen molar-refractivity contribution < 1.29 is 18.3 Å². The van der Waals surface area contributed by atoms with Crippen molar-refractivity contribution in [2.45, 2.75) is 68.7 Å². The number of nitrogens with one attached hydrogen (secondary N) is 1. The average Bonchev–Trinajstić information content (AvgIpc) is 3.42. The summed E-state index contributed by atoms with van der Waals surface area (Å²) in [5.41, 5.74) is 0.706. The molecule has 1 unspecified atom stereocenters. The highest BCUT2D eigenvalue weighted by Gasteiger charge is 2.34. The van der Waals surface area contributed by atoms with Gasteiger partial charge in [-0.25, -0.2) is 13.4 Å². The van der Waals surface area contributed by atoms with E-state index in [2.05, 4.69) is 17.2 Å². The van der Waals surface area contributed by atoms with Gasteiger partial charge in [0.25, 0.3) is 0 Å². The van der Waals surface area contributed by atoms with Crippen LogP contribution in [0.15, 0.2) is 41.8 Å². The first-order chi connectivity index (χ1) is 15.9. The molecule has 0 radical (unpaired) electrons. The van der Waals surface area contributed by atoms with Crippen LogP contribution < -0.4 is 5.32 Å². The first-order valence-corrected chi connectivity index (χ1v) is 13.5. The molecule has 1 aromatic heterocycles. The molecule has 0 bridgehead atoms. The molecule has 0 spiro atoms. The molecule has 1 saturated heterocycles. The Morgan fingerprint density at radius 3 is 2.73 bits per heavy atom. The maximum absolute atomic E-state index is 13.2. The van der Waals surface area contributed by atoms with Gasteiger partial charge in [-0.3, -0.25) is 0 Å². The number of hydrogen-bond acceptors (Lipinski definition) is 6. The molecule has 8 nitrogen and oxygen atoms in total. The zero-order chi connectivity index (χ0) is 23.4. The quantitative estimate of drug-likeness (QED) is 0.552. The summed E-state index contributed by atoms with van der Waals surface area (Å²) in [7, 11) is -3.67. The molecule has 2 heterocycles. The highest BCUT2D eigenvalue weighted by Crippen LogP contribution is 2.33. The summed E-state index contributed by atoms with van der Waals surface area (Å²) in [5, 5.41) is 14.0. The molecule has 10 heteroatoms. The van der Waals surface area contributed by atoms with E-state index < -0.39 is 16.1 Å². The van der Waals surface area contributed by atoms with Crippen molar-refractivity contribution in [3.63, 3.8) is 0 Å². The van der Waals surface area contributed by atoms with Crippen molar-refractivity contribution in [1.29, 1.82) is 0 Å². The monoisotopic (exact) mass is 496 g/mol. The third kappa shape index (κ3) is 5.89. The van der Waals surface area contributed by atoms with Gasteiger partial charge in [-0.1, -0.05) is 18.5 Å². The first-order valence-electron chi connectivity index (χ1n) is 11.7. The van der Waals surface area contributed by atoms with Gasteiger partial charge in [-0.15, -0.1) is 0 Å². The predicted octanol–water partition coefficient (Wildman–Crippen LogP) is 3.37. The number of hydrogen-bond donors (Lipinski definition) is 2. The van der Waals surface area contributed by atoms with Crippen LogP contribution in [0.3, 0.4) is 0 Å². The number of piperidine rings is 1. The Bertz CT molecular complexity index is 1010. The van der Waals surface area contributed by atoms with E-state index in [1.807, 2.05) is 10.8 Å². The van der Waals surface area contributed by atoms with Crippen LogP contribution in [0.5, 0.6) is 0 Å². The second-order valence-corrected chi connectivity index (χ2v) is 11.3. The van der Waals surface area contributed by atoms with Crippen molar-refractivity contribution in [1.82, 2.24) is 13.9 Å². The normalized spacial score (nSPS) is 24.9. The molecule has 2 fully saturated rings. The largest absolute Gasteiger partial charge is 0.391 e. The molecule has 182 valence electrons. The minimum Gasteiger partial charge on any atom is -0.391 e. The number of benzene rings is 1. The van der Waals surface area contributed by atoms with Crippen LogP contribution in [0.1, 0.15) is 39.0 Å². The van der Waals surface area contributed by atoms with Crippen molar-refractivity contribution >= 4 is 27.3 Å². The lowest BCUT2D eigenvalue weighted by Crippen LogP contribution is -2.41. The highest BCUT2D eigenvalue weighted by molar-refractivity contribution is 7.89. The average molecular weight is 497 g/mol. The summed E-state index contributed by atoms with van der Waals surface area (Å²) in [5.74, 6) is 0.339. The third-order valence-corrected chi connectivity index (χ3v) is 8.90. The first kappa shape index (κ1) is 24.5. The minimum absolute atomic E-state index is 0.112. The molecule has 1 aromatic carbocycles. The lowest BCUT2D eigenvalue weighted by Gasteiger charge is -2.31. The van der Waals surface area contributed by atoms with Crippen molar-refractivity contribution in [3.05, 3.63) is 41.9 Å². The Morgan fingerprint density at radius 1 is 1.27 bits per heavy atom. The zero-order valence-electron chi connectivity index (χ0n) is 18.9. The smallest absolute Gasteiger partial charge is 0.244 e. The molecular weight excluding hydrogens is 464 g/mol. The van der Waals surface area contributed by atoms with Crippen molar-refractivity contribution in [2.75, 3.05) is 25.0 Å². The van der Waals surface area contributed by atoms with Crippen LogP contribution >= 0.6 is 11.6 Å². The molecule has 1 aliphatic carbocycles. The van der Waals surface area contributed by atoms with Gasteiger partial charge in [0.1, 0.15) is 4.90 Å². The standard InChI is InChI=1S/C23H33ClN4O4S/c1-2-11-32-19-5-8-28(9-6-19)33(30,31)23-4-3-18(14-20(23)24)26-21-12-17(13-22(21)29)15-27-10-7-25-16-27/h3-4,7,10,14,16-17,19,21-22,26,29H,2,5-6,8-9,11-13,15H2,1H3/t17?,21-,22-/m1/s1. The Kier molecular flexibility index (Phi) is 7.96. The number of aromatic nitrogens is 2. The SMILES string of the molecule is CCCOC1CCN(S(=O)(=O)c2ccc(N[C@@H]3CC(Cn4ccnc4)C[C@H]3O)cc2Cl)CC1. The summed E-state index contributed by atoms with van der Waals surface area (Å²) < 4.78 is 35.6. The zero-order valence-corrected chi connectivity index (χ0v) is 20.5. The van der Waals surface area contributed by atoms with Crippen molar-refractivity contribution in [2.24, 2.45) is 5.92 Å². The second-order valence-electron chi connectivity index (χ2n) is 9.03. The van der Waals surface area contributed by atoms with Crippen LogP contribution in [-0.2, 0) is 21.3 Å². The molecule has 2 aliphatic rings. The van der Waals surface area contributed by atoms with E-state index in [9.17, 15) is 13.5 Å². The van der Waals surface area contributed by atoms with Crippen LogP contribution in [-0.4, -0.2) is 65.3 Å². The Balaban J connectivity index is 1.37. The number of sulfonamides is 1. The van der Waals surface area contributed by atoms with Crippen LogP contribution in [0, 0.1) is 5.92 Å². The number of ether oxygens (including phenoxy) is 1. The summed E-state index contributed by atoms with van der Waals surface area (Å²) in [6.07, 6.45) is 8.95. The van der Waals surface area contributed by atoms with Gasteiger partial charge >= 0.3 is 0 Å². The minimum atomic E-state index is -3.67. The number of aliphatic hydroxyl groups is 1. The van der Waals surface area contributed by atoms with Gasteiger partial charge in [0.2, 0.25) is 10.0 Å². The lowest BCUT2D eigenvalue weighted by atomic mass is 10.1. The molecule has 1 aliphatic heterocycles. The van der Waals surface area contributed by atoms with E-state index in [-0.39, 0.29) is 22.1 Å². The molecule has 2 N–H and O–H groups in total. The molecule has 1 saturated carbocycles. The van der Waals surface area contributed by atoms with E-state index in [1.165, 1.54) is 4.31 Å². The number of anilines is 1. The van der Waals surface area contributed by atoms with E-state index >= 15 is 0 Å². The predicted molar refractivity (Wildman–Crippen MR) is 128 cm³/mol. The number of imidazole rings is 1. The summed E-state index contributed by atoms with van der Waals surface area (Å²) >= 11 is 6.43. The van der Waals surface area contributed by atoms with Crippen LogP contribution in [0.2, 0.25) is 5.02 Å². The van der Waals surface area contributed by atoms with E-state index in [0.29, 0.717) is 50.6 Å². The van der Waals surface area contributed by atoms with Gasteiger partial charge in [-0.05, 0) is 56.2 Å². The fourth-order valence-electron chi connectivity index (χ4n) is 4.79. The molecule has 33 heavy (non-hydrogen) atoms. The summed E-state index contributed by atoms with van der Waals surface area (Å²) in [6, 6.07) is 4.82. The van der Waals surface area contributed by atoms with Gasteiger partial charge in [-0.2, -0.15) is 4.31 Å². The Hall–Kier alpha value is -1.65. The van der Waals surface area contributed by atoms with Gasteiger partial charge in [0.15, 0.2) is 0 Å². The van der Waals surface area contributed by atoms with Gasteiger partial charge in [0.05, 0.1) is 29.6 Å². The Morgan fingerprint density at radius 2 is 2.06 bits per heavy atom. The number of aliphatic hydroxyl groups excluding tert-OH is 1. The molecular formula is C23H33ClN4O4S. The number of halogens is 1. The van der Waals surface area contributed by atoms with E-state index in [4.69, 9.17) is 16.3 Å². The molecule has 3 atom stereocenters. The number of nitrogens with zero attached hydrogens (tertiary/aromatic N) is 3. The highest BCUT2D eigenvalue weighted by atomic mass is 35.5. The van der Waals surface area contributed by atoms with Gasteiger partial charge < -0.3 is 19.7 Å². The molecule has 2 aromatic rings. The van der Waals surface area contributed by atoms with Crippen LogP contribution in [0.25, 0.3) is 0 Å². The fraction of sp³-hybridized carbons (Fsp3) is 0.609. The summed E-state index contributed by atoms with van der Waals surface area (Å²) in [4.78, 5) is 4.19. The van der Waals surface area contributed by atoms with Gasteiger partial charge in [0, 0.05) is 44.3 Å². The van der Waals surface area contributed by atoms with E-state index in [0.717, 1.165) is 19.4 Å². The maximum Gasteiger partial charge on any atom is 0.244 e.